The van der Waals surface area contributed by atoms with E-state index in [0.29, 0.717) is 6.42 Å². The van der Waals surface area contributed by atoms with Crippen molar-refractivity contribution in [3.05, 3.63) is 33.6 Å². The predicted molar refractivity (Wildman–Crippen MR) is 91.0 cm³/mol. The number of hydrogen-bond acceptors (Lipinski definition) is 2. The highest BCUT2D eigenvalue weighted by Gasteiger charge is 2.35. The Balaban J connectivity index is 1.79. The molecule has 3 rings (SSSR count). The van der Waals surface area contributed by atoms with Gasteiger partial charge in [0.1, 0.15) is 0 Å². The van der Waals surface area contributed by atoms with Crippen LogP contribution in [-0.4, -0.2) is 11.1 Å². The summed E-state index contributed by atoms with van der Waals surface area (Å²) >= 11 is 5.38. The minimum Gasteiger partial charge on any atom is -0.481 e. The Morgan fingerprint density at radius 1 is 1.33 bits per heavy atom. The summed E-state index contributed by atoms with van der Waals surface area (Å²) in [6.07, 6.45) is 6.84. The number of aliphatic carboxylic acids is 1. The summed E-state index contributed by atoms with van der Waals surface area (Å²) in [6.45, 7) is 0. The average molecular weight is 367 g/mol. The average Bonchev–Trinajstić information content (AvgIpc) is 3.04. The minimum atomic E-state index is -0.644. The van der Waals surface area contributed by atoms with Crippen molar-refractivity contribution in [1.29, 1.82) is 0 Å². The molecule has 0 aliphatic heterocycles. The van der Waals surface area contributed by atoms with E-state index in [9.17, 15) is 9.90 Å². The highest BCUT2D eigenvalue weighted by Crippen LogP contribution is 2.45. The second-order valence-electron chi connectivity index (χ2n) is 6.16. The molecule has 1 aromatic heterocycles. The fourth-order valence-electron chi connectivity index (χ4n) is 3.63. The van der Waals surface area contributed by atoms with E-state index >= 15 is 0 Å². The maximum Gasteiger partial charge on any atom is 0.303 e. The molecule has 21 heavy (non-hydrogen) atoms. The lowest BCUT2D eigenvalue weighted by Gasteiger charge is -2.27. The summed E-state index contributed by atoms with van der Waals surface area (Å²) in [6, 6.07) is 6.32. The number of hydrogen-bond donors (Lipinski definition) is 1. The normalized spacial score (nSPS) is 17.4. The van der Waals surface area contributed by atoms with Gasteiger partial charge in [-0.15, -0.1) is 11.3 Å². The standard InChI is InChI=1S/C17H19BrO2S/c18-14-5-3-4-13-12(11-21-16(13)14)6-9-17(10-15(19)20)7-1-2-8-17/h3-5,11H,1-2,6-10H2,(H,19,20). The van der Waals surface area contributed by atoms with Gasteiger partial charge in [-0.3, -0.25) is 4.79 Å². The van der Waals surface area contributed by atoms with Crippen molar-refractivity contribution in [2.45, 2.75) is 44.9 Å². The van der Waals surface area contributed by atoms with Gasteiger partial charge < -0.3 is 5.11 Å². The highest BCUT2D eigenvalue weighted by atomic mass is 79.9. The largest absolute Gasteiger partial charge is 0.481 e. The van der Waals surface area contributed by atoms with Gasteiger partial charge in [0.25, 0.3) is 0 Å². The smallest absolute Gasteiger partial charge is 0.303 e. The molecule has 1 fully saturated rings. The molecule has 1 heterocycles. The lowest BCUT2D eigenvalue weighted by molar-refractivity contribution is -0.139. The molecule has 0 amide bonds. The van der Waals surface area contributed by atoms with E-state index in [1.807, 2.05) is 0 Å². The Kier molecular flexibility index (Phi) is 4.36. The van der Waals surface area contributed by atoms with E-state index in [4.69, 9.17) is 0 Å². The van der Waals surface area contributed by atoms with E-state index in [0.717, 1.165) is 30.2 Å². The Morgan fingerprint density at radius 2 is 2.10 bits per heavy atom. The summed E-state index contributed by atoms with van der Waals surface area (Å²) in [7, 11) is 0. The van der Waals surface area contributed by atoms with Crippen LogP contribution in [0.15, 0.2) is 28.1 Å². The quantitative estimate of drug-likeness (QED) is 0.743. The van der Waals surface area contributed by atoms with Crippen LogP contribution in [0.4, 0.5) is 0 Å². The number of carboxylic acid groups (broad SMARTS) is 1. The van der Waals surface area contributed by atoms with Crippen molar-refractivity contribution in [3.8, 4) is 0 Å². The van der Waals surface area contributed by atoms with Crippen molar-refractivity contribution in [1.82, 2.24) is 0 Å². The van der Waals surface area contributed by atoms with E-state index in [1.165, 1.54) is 28.5 Å². The third kappa shape index (κ3) is 3.16. The number of carboxylic acids is 1. The first-order valence-corrected chi connectivity index (χ1v) is 9.13. The SMILES string of the molecule is O=C(O)CC1(CCc2csc3c(Br)cccc23)CCCC1. The zero-order valence-electron chi connectivity index (χ0n) is 11.9. The molecule has 0 bridgehead atoms. The van der Waals surface area contributed by atoms with Crippen LogP contribution >= 0.6 is 27.3 Å². The van der Waals surface area contributed by atoms with Crippen LogP contribution in [0.3, 0.4) is 0 Å². The molecule has 0 saturated heterocycles. The lowest BCUT2D eigenvalue weighted by atomic mass is 9.77. The van der Waals surface area contributed by atoms with Gasteiger partial charge in [0.2, 0.25) is 0 Å². The molecule has 1 aromatic carbocycles. The van der Waals surface area contributed by atoms with Gasteiger partial charge in [-0.2, -0.15) is 0 Å². The van der Waals surface area contributed by atoms with Gasteiger partial charge in [0.05, 0.1) is 6.42 Å². The molecule has 0 radical (unpaired) electrons. The lowest BCUT2D eigenvalue weighted by Crippen LogP contribution is -2.21. The molecule has 1 N–H and O–H groups in total. The predicted octanol–water partition coefficient (Wildman–Crippen LogP) is 5.63. The van der Waals surface area contributed by atoms with Crippen LogP contribution < -0.4 is 0 Å². The van der Waals surface area contributed by atoms with Gasteiger partial charge >= 0.3 is 5.97 Å². The molecular weight excluding hydrogens is 348 g/mol. The summed E-state index contributed by atoms with van der Waals surface area (Å²) in [5, 5.41) is 12.8. The van der Waals surface area contributed by atoms with Gasteiger partial charge in [0, 0.05) is 9.17 Å². The third-order valence-corrected chi connectivity index (χ3v) is 6.75. The van der Waals surface area contributed by atoms with Crippen LogP contribution in [0.2, 0.25) is 0 Å². The maximum atomic E-state index is 11.2. The summed E-state index contributed by atoms with van der Waals surface area (Å²) < 4.78 is 2.45. The zero-order valence-corrected chi connectivity index (χ0v) is 14.3. The summed E-state index contributed by atoms with van der Waals surface area (Å²) in [5.74, 6) is -0.644. The number of carbonyl (C=O) groups is 1. The molecule has 4 heteroatoms. The van der Waals surface area contributed by atoms with Gasteiger partial charge in [-0.1, -0.05) is 25.0 Å². The highest BCUT2D eigenvalue weighted by molar-refractivity contribution is 9.10. The number of halogens is 1. The van der Waals surface area contributed by atoms with Crippen molar-refractivity contribution in [2.75, 3.05) is 0 Å². The molecule has 0 spiro atoms. The first kappa shape index (κ1) is 15.0. The minimum absolute atomic E-state index is 0.0338. The number of fused-ring (bicyclic) bond motifs is 1. The number of thiophene rings is 1. The third-order valence-electron chi connectivity index (χ3n) is 4.75. The first-order valence-electron chi connectivity index (χ1n) is 7.46. The van der Waals surface area contributed by atoms with Crippen molar-refractivity contribution in [3.63, 3.8) is 0 Å². The van der Waals surface area contributed by atoms with Crippen molar-refractivity contribution in [2.24, 2.45) is 5.41 Å². The van der Waals surface area contributed by atoms with E-state index < -0.39 is 5.97 Å². The Bertz CT molecular complexity index is 656. The summed E-state index contributed by atoms with van der Waals surface area (Å²) in [4.78, 5) is 11.2. The monoisotopic (exact) mass is 366 g/mol. The number of benzene rings is 1. The topological polar surface area (TPSA) is 37.3 Å². The fourth-order valence-corrected chi connectivity index (χ4v) is 5.29. The second kappa shape index (κ2) is 6.09. The first-order chi connectivity index (χ1) is 10.1. The molecule has 0 unspecified atom stereocenters. The molecule has 2 nitrogen and oxygen atoms in total. The van der Waals surface area contributed by atoms with Crippen LogP contribution in [0.1, 0.15) is 44.1 Å². The zero-order chi connectivity index (χ0) is 14.9. The van der Waals surface area contributed by atoms with Crippen molar-refractivity contribution >= 4 is 43.3 Å². The van der Waals surface area contributed by atoms with E-state index in [1.54, 1.807) is 11.3 Å². The summed E-state index contributed by atoms with van der Waals surface area (Å²) in [5.41, 5.74) is 1.40. The molecule has 1 aliphatic rings. The van der Waals surface area contributed by atoms with Crippen LogP contribution in [-0.2, 0) is 11.2 Å². The second-order valence-corrected chi connectivity index (χ2v) is 7.89. The van der Waals surface area contributed by atoms with Gasteiger partial charge in [-0.25, -0.2) is 0 Å². The molecule has 1 saturated carbocycles. The molecule has 0 atom stereocenters. The van der Waals surface area contributed by atoms with Gasteiger partial charge in [-0.05, 0) is 69.4 Å². The Morgan fingerprint density at radius 3 is 2.81 bits per heavy atom. The fraction of sp³-hybridized carbons (Fsp3) is 0.471. The number of aryl methyl sites for hydroxylation is 1. The van der Waals surface area contributed by atoms with E-state index in [2.05, 4.69) is 39.5 Å². The van der Waals surface area contributed by atoms with Crippen LogP contribution in [0.25, 0.3) is 10.1 Å². The van der Waals surface area contributed by atoms with E-state index in [-0.39, 0.29) is 5.41 Å². The molecule has 1 aliphatic carbocycles. The molecular formula is C17H19BrO2S. The van der Waals surface area contributed by atoms with Crippen LogP contribution in [0, 0.1) is 5.41 Å². The molecule has 112 valence electrons. The van der Waals surface area contributed by atoms with Gasteiger partial charge in [0.15, 0.2) is 0 Å². The van der Waals surface area contributed by atoms with Crippen molar-refractivity contribution < 1.29 is 9.90 Å². The Labute approximate surface area is 137 Å². The van der Waals surface area contributed by atoms with Crippen LogP contribution in [0.5, 0.6) is 0 Å². The number of rotatable bonds is 5. The Hall–Kier alpha value is -0.870. The molecule has 2 aromatic rings. The maximum absolute atomic E-state index is 11.2.